The van der Waals surface area contributed by atoms with Crippen molar-refractivity contribution in [2.75, 3.05) is 39.8 Å². The third-order valence-corrected chi connectivity index (χ3v) is 4.69. The average molecular weight is 283 g/mol. The zero-order chi connectivity index (χ0) is 14.8. The van der Waals surface area contributed by atoms with Crippen LogP contribution >= 0.6 is 0 Å². The Morgan fingerprint density at radius 3 is 2.50 bits per heavy atom. The number of carbonyl (C=O) groups excluding carboxylic acids is 1. The minimum absolute atomic E-state index is 0.0953. The van der Waals surface area contributed by atoms with Crippen molar-refractivity contribution >= 4 is 12.0 Å². The standard InChI is InChI=1S/C14H25N3O3/c1-3-14(12(18)19)6-4-9-17(14)13(20)16-8-5-7-15(2)10-11-16/h3-11H2,1-2H3,(H,18,19). The Labute approximate surface area is 120 Å². The Bertz CT molecular complexity index is 388. The molecule has 1 unspecified atom stereocenters. The molecular formula is C14H25N3O3. The highest BCUT2D eigenvalue weighted by Crippen LogP contribution is 2.33. The molecule has 2 saturated heterocycles. The van der Waals surface area contributed by atoms with E-state index in [0.29, 0.717) is 25.9 Å². The number of likely N-dealkylation sites (N-methyl/N-ethyl adjacent to an activating group) is 1. The van der Waals surface area contributed by atoms with Gasteiger partial charge in [-0.15, -0.1) is 0 Å². The van der Waals surface area contributed by atoms with E-state index in [1.807, 2.05) is 11.8 Å². The van der Waals surface area contributed by atoms with Gasteiger partial charge in [-0.3, -0.25) is 0 Å². The molecule has 6 nitrogen and oxygen atoms in total. The maximum absolute atomic E-state index is 12.7. The first kappa shape index (κ1) is 15.1. The molecule has 114 valence electrons. The summed E-state index contributed by atoms with van der Waals surface area (Å²) >= 11 is 0. The largest absolute Gasteiger partial charge is 0.479 e. The number of hydrogen-bond acceptors (Lipinski definition) is 3. The molecule has 2 aliphatic rings. The van der Waals surface area contributed by atoms with Crippen LogP contribution in [0.1, 0.15) is 32.6 Å². The smallest absolute Gasteiger partial charge is 0.329 e. The van der Waals surface area contributed by atoms with Gasteiger partial charge in [0.2, 0.25) is 0 Å². The van der Waals surface area contributed by atoms with Gasteiger partial charge >= 0.3 is 12.0 Å². The lowest BCUT2D eigenvalue weighted by atomic mass is 9.93. The molecule has 0 bridgehead atoms. The summed E-state index contributed by atoms with van der Waals surface area (Å²) in [6.45, 7) is 5.67. The van der Waals surface area contributed by atoms with E-state index in [9.17, 15) is 14.7 Å². The predicted octanol–water partition coefficient (Wildman–Crippen LogP) is 1.07. The van der Waals surface area contributed by atoms with E-state index in [1.165, 1.54) is 0 Å². The van der Waals surface area contributed by atoms with Crippen LogP contribution in [0.25, 0.3) is 0 Å². The SMILES string of the molecule is CCC1(C(=O)O)CCCN1C(=O)N1CCCN(C)CC1. The quantitative estimate of drug-likeness (QED) is 0.823. The molecule has 0 aromatic rings. The van der Waals surface area contributed by atoms with E-state index >= 15 is 0 Å². The van der Waals surface area contributed by atoms with Crippen LogP contribution in [-0.4, -0.2) is 77.1 Å². The molecule has 2 aliphatic heterocycles. The number of rotatable bonds is 2. The number of carboxylic acid groups (broad SMARTS) is 1. The van der Waals surface area contributed by atoms with Gasteiger partial charge in [0.15, 0.2) is 0 Å². The fourth-order valence-corrected chi connectivity index (χ4v) is 3.31. The topological polar surface area (TPSA) is 64.1 Å². The molecule has 2 amide bonds. The van der Waals surface area contributed by atoms with Gasteiger partial charge in [0.1, 0.15) is 5.54 Å². The number of carboxylic acids is 1. The van der Waals surface area contributed by atoms with E-state index in [-0.39, 0.29) is 6.03 Å². The van der Waals surface area contributed by atoms with Gasteiger partial charge in [-0.2, -0.15) is 0 Å². The van der Waals surface area contributed by atoms with Crippen molar-refractivity contribution in [3.05, 3.63) is 0 Å². The zero-order valence-electron chi connectivity index (χ0n) is 12.5. The van der Waals surface area contributed by atoms with Gasteiger partial charge in [-0.25, -0.2) is 9.59 Å². The number of amides is 2. The van der Waals surface area contributed by atoms with Crippen molar-refractivity contribution in [1.82, 2.24) is 14.7 Å². The molecule has 1 atom stereocenters. The lowest BCUT2D eigenvalue weighted by Gasteiger charge is -2.37. The Hall–Kier alpha value is -1.30. The summed E-state index contributed by atoms with van der Waals surface area (Å²) < 4.78 is 0. The van der Waals surface area contributed by atoms with Crippen molar-refractivity contribution in [3.8, 4) is 0 Å². The van der Waals surface area contributed by atoms with E-state index in [2.05, 4.69) is 11.9 Å². The molecule has 0 saturated carbocycles. The van der Waals surface area contributed by atoms with E-state index in [0.717, 1.165) is 32.5 Å². The number of carbonyl (C=O) groups is 2. The van der Waals surface area contributed by atoms with Gasteiger partial charge < -0.3 is 19.8 Å². The number of urea groups is 1. The predicted molar refractivity (Wildman–Crippen MR) is 75.7 cm³/mol. The third kappa shape index (κ3) is 2.61. The first-order chi connectivity index (χ1) is 9.51. The van der Waals surface area contributed by atoms with Gasteiger partial charge in [-0.1, -0.05) is 6.92 Å². The fourth-order valence-electron chi connectivity index (χ4n) is 3.31. The summed E-state index contributed by atoms with van der Waals surface area (Å²) in [5.74, 6) is -0.863. The van der Waals surface area contributed by atoms with Gasteiger partial charge in [-0.05, 0) is 39.3 Å². The molecule has 6 heteroatoms. The van der Waals surface area contributed by atoms with Crippen molar-refractivity contribution in [1.29, 1.82) is 0 Å². The fraction of sp³-hybridized carbons (Fsp3) is 0.857. The number of aliphatic carboxylic acids is 1. The van der Waals surface area contributed by atoms with Crippen molar-refractivity contribution in [2.24, 2.45) is 0 Å². The Morgan fingerprint density at radius 1 is 1.10 bits per heavy atom. The van der Waals surface area contributed by atoms with Crippen LogP contribution in [-0.2, 0) is 4.79 Å². The van der Waals surface area contributed by atoms with Crippen molar-refractivity contribution < 1.29 is 14.7 Å². The van der Waals surface area contributed by atoms with Gasteiger partial charge in [0.05, 0.1) is 0 Å². The second-order valence-corrected chi connectivity index (χ2v) is 5.87. The maximum atomic E-state index is 12.7. The van der Waals surface area contributed by atoms with Crippen molar-refractivity contribution in [3.63, 3.8) is 0 Å². The molecule has 1 N–H and O–H groups in total. The Kier molecular flexibility index (Phi) is 4.52. The first-order valence-electron chi connectivity index (χ1n) is 7.50. The number of likely N-dealkylation sites (tertiary alicyclic amines) is 1. The summed E-state index contributed by atoms with van der Waals surface area (Å²) in [5.41, 5.74) is -0.991. The molecule has 0 spiro atoms. The van der Waals surface area contributed by atoms with Gasteiger partial charge in [0, 0.05) is 26.2 Å². The van der Waals surface area contributed by atoms with Crippen LogP contribution in [0, 0.1) is 0 Å². The van der Waals surface area contributed by atoms with Crippen LogP contribution in [0.3, 0.4) is 0 Å². The third-order valence-electron chi connectivity index (χ3n) is 4.69. The monoisotopic (exact) mass is 283 g/mol. The van der Waals surface area contributed by atoms with Gasteiger partial charge in [0.25, 0.3) is 0 Å². The summed E-state index contributed by atoms with van der Waals surface area (Å²) in [6.07, 6.45) is 2.77. The average Bonchev–Trinajstić information content (AvgIpc) is 2.75. The molecule has 0 radical (unpaired) electrons. The highest BCUT2D eigenvalue weighted by molar-refractivity contribution is 5.87. The van der Waals surface area contributed by atoms with Crippen LogP contribution in [0.5, 0.6) is 0 Å². The van der Waals surface area contributed by atoms with Crippen LogP contribution < -0.4 is 0 Å². The number of nitrogens with zero attached hydrogens (tertiary/aromatic N) is 3. The van der Waals surface area contributed by atoms with E-state index < -0.39 is 11.5 Å². The molecule has 2 rings (SSSR count). The summed E-state index contributed by atoms with van der Waals surface area (Å²) in [6, 6.07) is -0.0953. The summed E-state index contributed by atoms with van der Waals surface area (Å²) in [4.78, 5) is 30.0. The second-order valence-electron chi connectivity index (χ2n) is 5.87. The molecular weight excluding hydrogens is 258 g/mol. The molecule has 20 heavy (non-hydrogen) atoms. The molecule has 0 aromatic heterocycles. The lowest BCUT2D eigenvalue weighted by molar-refractivity contribution is -0.148. The lowest BCUT2D eigenvalue weighted by Crippen LogP contribution is -2.56. The summed E-state index contributed by atoms with van der Waals surface area (Å²) in [7, 11) is 2.05. The molecule has 2 fully saturated rings. The molecule has 2 heterocycles. The van der Waals surface area contributed by atoms with Crippen LogP contribution in [0.2, 0.25) is 0 Å². The minimum Gasteiger partial charge on any atom is -0.479 e. The first-order valence-corrected chi connectivity index (χ1v) is 7.50. The van der Waals surface area contributed by atoms with E-state index in [1.54, 1.807) is 4.90 Å². The highest BCUT2D eigenvalue weighted by atomic mass is 16.4. The van der Waals surface area contributed by atoms with Crippen LogP contribution in [0.4, 0.5) is 4.79 Å². The second kappa shape index (κ2) is 5.99. The Balaban J connectivity index is 2.13. The summed E-state index contributed by atoms with van der Waals surface area (Å²) in [5, 5.41) is 9.56. The molecule has 0 aromatic carbocycles. The normalized spacial score (nSPS) is 28.5. The maximum Gasteiger partial charge on any atom is 0.329 e. The zero-order valence-corrected chi connectivity index (χ0v) is 12.5. The van der Waals surface area contributed by atoms with Crippen LogP contribution in [0.15, 0.2) is 0 Å². The van der Waals surface area contributed by atoms with E-state index in [4.69, 9.17) is 0 Å². The van der Waals surface area contributed by atoms with Crippen molar-refractivity contribution in [2.45, 2.75) is 38.1 Å². The minimum atomic E-state index is -0.991. The number of hydrogen-bond donors (Lipinski definition) is 1. The molecule has 0 aliphatic carbocycles. The highest BCUT2D eigenvalue weighted by Gasteiger charge is 2.49. The Morgan fingerprint density at radius 2 is 1.85 bits per heavy atom.